The number of aromatic nitrogens is 3. The molecule has 2 aromatic heterocycles. The Bertz CT molecular complexity index is 1010. The summed E-state index contributed by atoms with van der Waals surface area (Å²) >= 11 is 0. The zero-order valence-electron chi connectivity index (χ0n) is 19.1. The summed E-state index contributed by atoms with van der Waals surface area (Å²) in [7, 11) is 0. The van der Waals surface area contributed by atoms with Gasteiger partial charge in [-0.1, -0.05) is 6.07 Å². The number of amides is 2. The van der Waals surface area contributed by atoms with E-state index in [0.29, 0.717) is 30.3 Å². The summed E-state index contributed by atoms with van der Waals surface area (Å²) in [6, 6.07) is 3.80. The second-order valence-electron chi connectivity index (χ2n) is 8.96. The van der Waals surface area contributed by atoms with E-state index in [9.17, 15) is 22.8 Å². The molecule has 12 heteroatoms. The van der Waals surface area contributed by atoms with Crippen molar-refractivity contribution in [1.82, 2.24) is 20.5 Å². The van der Waals surface area contributed by atoms with Gasteiger partial charge >= 0.3 is 12.3 Å². The van der Waals surface area contributed by atoms with E-state index >= 15 is 0 Å². The molecular formula is C23H28F3N5O4. The number of hydrogen-bond acceptors (Lipinski definition) is 6. The maximum absolute atomic E-state index is 12.6. The Labute approximate surface area is 200 Å². The van der Waals surface area contributed by atoms with Gasteiger partial charge in [0, 0.05) is 43.6 Å². The Morgan fingerprint density at radius 3 is 2.69 bits per heavy atom. The van der Waals surface area contributed by atoms with Crippen molar-refractivity contribution in [3.8, 4) is 0 Å². The number of pyridine rings is 1. The van der Waals surface area contributed by atoms with Gasteiger partial charge in [-0.2, -0.15) is 18.3 Å². The van der Waals surface area contributed by atoms with Gasteiger partial charge in [0.2, 0.25) is 5.91 Å². The molecule has 1 aliphatic heterocycles. The fourth-order valence-corrected chi connectivity index (χ4v) is 4.38. The van der Waals surface area contributed by atoms with Gasteiger partial charge in [0.1, 0.15) is 11.8 Å². The van der Waals surface area contributed by atoms with E-state index in [4.69, 9.17) is 9.47 Å². The van der Waals surface area contributed by atoms with Crippen LogP contribution in [0.25, 0.3) is 0 Å². The van der Waals surface area contributed by atoms with Gasteiger partial charge in [-0.3, -0.25) is 14.9 Å². The van der Waals surface area contributed by atoms with E-state index in [1.807, 2.05) is 0 Å². The van der Waals surface area contributed by atoms with Gasteiger partial charge in [-0.05, 0) is 49.7 Å². The minimum Gasteiger partial charge on any atom is -0.446 e. The van der Waals surface area contributed by atoms with Crippen molar-refractivity contribution in [1.29, 1.82) is 0 Å². The molecule has 3 heterocycles. The number of carbonyl (C=O) groups excluding carboxylic acids is 2. The highest BCUT2D eigenvalue weighted by Crippen LogP contribution is 2.36. The molecule has 0 spiro atoms. The number of ether oxygens (including phenoxy) is 2. The monoisotopic (exact) mass is 495 g/mol. The third kappa shape index (κ3) is 7.17. The van der Waals surface area contributed by atoms with Crippen LogP contribution in [0.3, 0.4) is 0 Å². The van der Waals surface area contributed by atoms with E-state index in [2.05, 4.69) is 25.8 Å². The molecule has 9 nitrogen and oxygen atoms in total. The fraction of sp³-hybridized carbons (Fsp3) is 0.565. The number of aromatic amines is 1. The molecule has 4 rings (SSSR count). The quantitative estimate of drug-likeness (QED) is 0.538. The number of alkyl halides is 3. The van der Waals surface area contributed by atoms with Crippen LogP contribution in [-0.2, 0) is 26.9 Å². The average Bonchev–Trinajstić information content (AvgIpc) is 3.48. The van der Waals surface area contributed by atoms with Gasteiger partial charge in [0.05, 0.1) is 6.42 Å². The van der Waals surface area contributed by atoms with Crippen LogP contribution in [0.1, 0.15) is 55.0 Å². The first-order chi connectivity index (χ1) is 16.8. The first-order valence-electron chi connectivity index (χ1n) is 11.7. The van der Waals surface area contributed by atoms with Crippen molar-refractivity contribution in [2.24, 2.45) is 5.92 Å². The van der Waals surface area contributed by atoms with Crippen LogP contribution in [0.2, 0.25) is 0 Å². The fourth-order valence-electron chi connectivity index (χ4n) is 4.38. The minimum absolute atomic E-state index is 0.112. The average molecular weight is 496 g/mol. The summed E-state index contributed by atoms with van der Waals surface area (Å²) in [5.41, 5.74) is 0.177. The summed E-state index contributed by atoms with van der Waals surface area (Å²) in [6.07, 6.45) is -0.144. The Morgan fingerprint density at radius 1 is 1.17 bits per heavy atom. The molecule has 0 aromatic carbocycles. The number of carbonyl (C=O) groups is 2. The van der Waals surface area contributed by atoms with Gasteiger partial charge in [0.25, 0.3) is 0 Å². The minimum atomic E-state index is -4.52. The lowest BCUT2D eigenvalue weighted by Gasteiger charge is -2.22. The van der Waals surface area contributed by atoms with E-state index in [1.54, 1.807) is 6.07 Å². The first kappa shape index (κ1) is 25.0. The lowest BCUT2D eigenvalue weighted by molar-refractivity contribution is -0.141. The van der Waals surface area contributed by atoms with Crippen LogP contribution in [0.5, 0.6) is 0 Å². The van der Waals surface area contributed by atoms with Crippen LogP contribution in [0, 0.1) is 5.92 Å². The third-order valence-electron chi connectivity index (χ3n) is 6.32. The van der Waals surface area contributed by atoms with Crippen LogP contribution in [-0.4, -0.2) is 53.0 Å². The van der Waals surface area contributed by atoms with E-state index in [1.165, 1.54) is 6.07 Å². The molecule has 2 aliphatic rings. The smallest absolute Gasteiger partial charge is 0.433 e. The number of hydrogen-bond donors (Lipinski definition) is 3. The van der Waals surface area contributed by atoms with Crippen molar-refractivity contribution in [2.75, 3.05) is 25.1 Å². The van der Waals surface area contributed by atoms with Gasteiger partial charge in [-0.15, -0.1) is 0 Å². The lowest BCUT2D eigenvalue weighted by atomic mass is 10.0. The summed E-state index contributed by atoms with van der Waals surface area (Å²) < 4.78 is 48.7. The number of rotatable bonds is 7. The topological polar surface area (TPSA) is 118 Å². The molecule has 2 fully saturated rings. The second-order valence-corrected chi connectivity index (χ2v) is 8.96. The van der Waals surface area contributed by atoms with Gasteiger partial charge in [0.15, 0.2) is 5.82 Å². The Morgan fingerprint density at radius 2 is 1.97 bits per heavy atom. The summed E-state index contributed by atoms with van der Waals surface area (Å²) in [6.45, 7) is 2.04. The second kappa shape index (κ2) is 11.1. The molecule has 35 heavy (non-hydrogen) atoms. The Balaban J connectivity index is 1.20. The number of alkyl carbamates (subject to hydrolysis) is 1. The van der Waals surface area contributed by atoms with Crippen molar-refractivity contribution in [3.05, 3.63) is 41.3 Å². The molecule has 2 atom stereocenters. The largest absolute Gasteiger partial charge is 0.446 e. The molecule has 0 radical (unpaired) electrons. The Kier molecular flexibility index (Phi) is 7.89. The highest BCUT2D eigenvalue weighted by atomic mass is 19.4. The SMILES string of the molecule is O=C(Cc1ccc(C(F)(F)F)nc1)Nc1cc([C@@H]2CCC(OC(=O)NCC3CCOCC3)C2)[nH]n1. The molecule has 1 unspecified atom stereocenters. The number of anilines is 1. The highest BCUT2D eigenvalue weighted by Gasteiger charge is 2.32. The molecule has 1 aliphatic carbocycles. The number of nitrogens with one attached hydrogen (secondary N) is 3. The third-order valence-corrected chi connectivity index (χ3v) is 6.32. The first-order valence-corrected chi connectivity index (χ1v) is 11.7. The molecular weight excluding hydrogens is 467 g/mol. The van der Waals surface area contributed by atoms with Crippen LogP contribution in [0.4, 0.5) is 23.8 Å². The van der Waals surface area contributed by atoms with Crippen molar-refractivity contribution in [2.45, 2.75) is 56.7 Å². The van der Waals surface area contributed by atoms with Crippen molar-refractivity contribution in [3.63, 3.8) is 0 Å². The Hall–Kier alpha value is -3.15. The number of H-pyrrole nitrogens is 1. The van der Waals surface area contributed by atoms with Gasteiger partial charge < -0.3 is 20.1 Å². The van der Waals surface area contributed by atoms with Crippen LogP contribution >= 0.6 is 0 Å². The van der Waals surface area contributed by atoms with E-state index in [0.717, 1.165) is 56.9 Å². The summed E-state index contributed by atoms with van der Waals surface area (Å²) in [4.78, 5) is 27.7. The zero-order chi connectivity index (χ0) is 24.8. The van der Waals surface area contributed by atoms with E-state index < -0.39 is 23.9 Å². The predicted octanol–water partition coefficient (Wildman–Crippen LogP) is 3.79. The molecule has 2 aromatic rings. The maximum Gasteiger partial charge on any atom is 0.433 e. The standard InChI is InChI=1S/C23H28F3N5O4/c24-23(25,26)19-4-1-15(13-27-19)9-21(32)29-20-11-18(30-31-20)16-2-3-17(10-16)35-22(33)28-12-14-5-7-34-8-6-14/h1,4,11,13-14,16-17H,2-3,5-10,12H2,(H,28,33)(H2,29,30,31,32)/t16-,17?/m1/s1. The zero-order valence-corrected chi connectivity index (χ0v) is 19.1. The molecule has 0 bridgehead atoms. The van der Waals surface area contributed by atoms with Crippen molar-refractivity contribution < 1.29 is 32.2 Å². The van der Waals surface area contributed by atoms with Crippen LogP contribution < -0.4 is 10.6 Å². The highest BCUT2D eigenvalue weighted by molar-refractivity contribution is 5.91. The number of halogens is 3. The molecule has 3 N–H and O–H groups in total. The molecule has 1 saturated carbocycles. The predicted molar refractivity (Wildman–Crippen MR) is 119 cm³/mol. The molecule has 2 amide bonds. The lowest BCUT2D eigenvalue weighted by Crippen LogP contribution is -2.34. The normalized spacial score (nSPS) is 21.0. The number of nitrogens with zero attached hydrogens (tertiary/aromatic N) is 2. The maximum atomic E-state index is 12.6. The summed E-state index contributed by atoms with van der Waals surface area (Å²) in [5, 5.41) is 12.5. The summed E-state index contributed by atoms with van der Waals surface area (Å²) in [5.74, 6) is 0.434. The van der Waals surface area contributed by atoms with Gasteiger partial charge in [-0.25, -0.2) is 4.79 Å². The molecule has 1 saturated heterocycles. The van der Waals surface area contributed by atoms with Crippen LogP contribution in [0.15, 0.2) is 24.4 Å². The van der Waals surface area contributed by atoms with Crippen molar-refractivity contribution >= 4 is 17.8 Å². The van der Waals surface area contributed by atoms with E-state index in [-0.39, 0.29) is 18.4 Å². The molecule has 190 valence electrons.